The molecule has 0 saturated carbocycles. The third-order valence-electron chi connectivity index (χ3n) is 4.62. The van der Waals surface area contributed by atoms with Crippen molar-refractivity contribution < 1.29 is 23.4 Å². The normalized spacial score (nSPS) is 14.2. The monoisotopic (exact) mass is 621 g/mol. The first kappa shape index (κ1) is 23.4. The van der Waals surface area contributed by atoms with Crippen molar-refractivity contribution in [2.24, 2.45) is 4.99 Å². The lowest BCUT2D eigenvalue weighted by Gasteiger charge is -2.15. The molecule has 168 valence electrons. The van der Waals surface area contributed by atoms with Crippen LogP contribution >= 0.6 is 38.5 Å². The van der Waals surface area contributed by atoms with Gasteiger partial charge in [0, 0.05) is 9.13 Å². The molecule has 0 aliphatic carbocycles. The SMILES string of the molecule is CCOc1cc(/C=C2\N=C(c3ccc(I)cc3)OC2=O)cc(Br)c1OCc1cccc(F)c1. The predicted octanol–water partition coefficient (Wildman–Crippen LogP) is 6.52. The molecule has 3 aromatic carbocycles. The van der Waals surface area contributed by atoms with E-state index in [4.69, 9.17) is 14.2 Å². The van der Waals surface area contributed by atoms with Crippen LogP contribution < -0.4 is 9.47 Å². The van der Waals surface area contributed by atoms with Crippen molar-refractivity contribution >= 4 is 56.5 Å². The Morgan fingerprint density at radius 1 is 1.12 bits per heavy atom. The van der Waals surface area contributed by atoms with E-state index in [1.165, 1.54) is 12.1 Å². The molecule has 0 atom stereocenters. The fraction of sp³-hybridized carbons (Fsp3) is 0.120. The summed E-state index contributed by atoms with van der Waals surface area (Å²) in [6.07, 6.45) is 1.63. The number of aliphatic imine (C=N–C) groups is 1. The molecule has 1 aliphatic heterocycles. The Bertz CT molecular complexity index is 1260. The van der Waals surface area contributed by atoms with Gasteiger partial charge in [-0.25, -0.2) is 14.2 Å². The number of hydrogen-bond donors (Lipinski definition) is 0. The van der Waals surface area contributed by atoms with Crippen LogP contribution in [0.25, 0.3) is 6.08 Å². The van der Waals surface area contributed by atoms with Gasteiger partial charge in [-0.3, -0.25) is 0 Å². The zero-order valence-corrected chi connectivity index (χ0v) is 21.2. The molecule has 3 aromatic rings. The summed E-state index contributed by atoms with van der Waals surface area (Å²) in [7, 11) is 0. The van der Waals surface area contributed by atoms with Crippen molar-refractivity contribution in [1.82, 2.24) is 0 Å². The van der Waals surface area contributed by atoms with Crippen molar-refractivity contribution in [2.45, 2.75) is 13.5 Å². The van der Waals surface area contributed by atoms with E-state index in [9.17, 15) is 9.18 Å². The van der Waals surface area contributed by atoms with Gasteiger partial charge in [0.05, 0.1) is 11.1 Å². The minimum absolute atomic E-state index is 0.173. The number of cyclic esters (lactones) is 1. The first-order valence-electron chi connectivity index (χ1n) is 10.0. The highest BCUT2D eigenvalue weighted by molar-refractivity contribution is 14.1. The number of carbonyl (C=O) groups is 1. The minimum atomic E-state index is -0.524. The molecule has 1 aliphatic rings. The van der Waals surface area contributed by atoms with Crippen molar-refractivity contribution in [3.05, 3.63) is 96.9 Å². The molecular weight excluding hydrogens is 604 g/mol. The van der Waals surface area contributed by atoms with Crippen LogP contribution in [0.4, 0.5) is 4.39 Å². The van der Waals surface area contributed by atoms with Gasteiger partial charge in [-0.1, -0.05) is 12.1 Å². The third kappa shape index (κ3) is 5.80. The van der Waals surface area contributed by atoms with Crippen LogP contribution in [0.2, 0.25) is 0 Å². The molecule has 0 amide bonds. The summed E-state index contributed by atoms with van der Waals surface area (Å²) in [5, 5.41) is 0. The molecule has 33 heavy (non-hydrogen) atoms. The van der Waals surface area contributed by atoms with Crippen molar-refractivity contribution in [3.8, 4) is 11.5 Å². The molecular formula is C25H18BrFINO4. The first-order valence-corrected chi connectivity index (χ1v) is 11.9. The summed E-state index contributed by atoms with van der Waals surface area (Å²) < 4.78 is 32.2. The highest BCUT2D eigenvalue weighted by Gasteiger charge is 2.24. The van der Waals surface area contributed by atoms with Crippen molar-refractivity contribution in [1.29, 1.82) is 0 Å². The maximum absolute atomic E-state index is 13.5. The fourth-order valence-electron chi connectivity index (χ4n) is 3.14. The van der Waals surface area contributed by atoms with Crippen LogP contribution in [-0.2, 0) is 16.1 Å². The second-order valence-corrected chi connectivity index (χ2v) is 9.12. The van der Waals surface area contributed by atoms with E-state index in [-0.39, 0.29) is 24.0 Å². The van der Waals surface area contributed by atoms with Gasteiger partial charge in [-0.15, -0.1) is 0 Å². The van der Waals surface area contributed by atoms with Crippen LogP contribution in [0.15, 0.2) is 75.8 Å². The number of carbonyl (C=O) groups excluding carboxylic acids is 1. The topological polar surface area (TPSA) is 57.1 Å². The molecule has 0 spiro atoms. The Kier molecular flexibility index (Phi) is 7.44. The molecule has 0 unspecified atom stereocenters. The zero-order chi connectivity index (χ0) is 23.4. The molecule has 8 heteroatoms. The predicted molar refractivity (Wildman–Crippen MR) is 136 cm³/mol. The molecule has 0 saturated heterocycles. The van der Waals surface area contributed by atoms with E-state index >= 15 is 0 Å². The number of rotatable bonds is 7. The molecule has 4 rings (SSSR count). The quantitative estimate of drug-likeness (QED) is 0.171. The largest absolute Gasteiger partial charge is 0.490 e. The van der Waals surface area contributed by atoms with Gasteiger partial charge in [0.15, 0.2) is 17.2 Å². The van der Waals surface area contributed by atoms with Crippen LogP contribution in [0.3, 0.4) is 0 Å². The van der Waals surface area contributed by atoms with Crippen molar-refractivity contribution in [3.63, 3.8) is 0 Å². The molecule has 0 N–H and O–H groups in total. The van der Waals surface area contributed by atoms with Gasteiger partial charge in [0.25, 0.3) is 0 Å². The Morgan fingerprint density at radius 2 is 1.91 bits per heavy atom. The lowest BCUT2D eigenvalue weighted by Crippen LogP contribution is -2.05. The Hall–Kier alpha value is -2.72. The van der Waals surface area contributed by atoms with E-state index < -0.39 is 5.97 Å². The Morgan fingerprint density at radius 3 is 2.64 bits per heavy atom. The summed E-state index contributed by atoms with van der Waals surface area (Å²) in [4.78, 5) is 16.7. The molecule has 0 aromatic heterocycles. The lowest BCUT2D eigenvalue weighted by molar-refractivity contribution is -0.129. The number of hydrogen-bond acceptors (Lipinski definition) is 5. The first-order chi connectivity index (χ1) is 15.9. The molecule has 0 bridgehead atoms. The van der Waals surface area contributed by atoms with Gasteiger partial charge >= 0.3 is 5.97 Å². The second-order valence-electron chi connectivity index (χ2n) is 7.02. The van der Waals surface area contributed by atoms with Gasteiger partial charge in [-0.05, 0) is 111 Å². The van der Waals surface area contributed by atoms with E-state index in [1.807, 2.05) is 31.2 Å². The average molecular weight is 622 g/mol. The van der Waals surface area contributed by atoms with Crippen LogP contribution in [0.5, 0.6) is 11.5 Å². The fourth-order valence-corrected chi connectivity index (χ4v) is 4.07. The maximum Gasteiger partial charge on any atom is 0.363 e. The van der Waals surface area contributed by atoms with Gasteiger partial charge in [-0.2, -0.15) is 0 Å². The van der Waals surface area contributed by atoms with Crippen LogP contribution in [0, 0.1) is 9.39 Å². The minimum Gasteiger partial charge on any atom is -0.490 e. The van der Waals surface area contributed by atoms with Gasteiger partial charge in [0.2, 0.25) is 5.90 Å². The summed E-state index contributed by atoms with van der Waals surface area (Å²) in [6, 6.07) is 17.3. The summed E-state index contributed by atoms with van der Waals surface area (Å²) >= 11 is 5.72. The number of esters is 1. The van der Waals surface area contributed by atoms with E-state index in [2.05, 4.69) is 43.5 Å². The number of nitrogens with zero attached hydrogens (tertiary/aromatic N) is 1. The molecule has 1 heterocycles. The molecule has 5 nitrogen and oxygen atoms in total. The van der Waals surface area contributed by atoms with Crippen molar-refractivity contribution in [2.75, 3.05) is 6.61 Å². The highest BCUT2D eigenvalue weighted by Crippen LogP contribution is 2.38. The van der Waals surface area contributed by atoms with Gasteiger partial charge < -0.3 is 14.2 Å². The Balaban J connectivity index is 1.61. The second kappa shape index (κ2) is 10.5. The highest BCUT2D eigenvalue weighted by atomic mass is 127. The van der Waals surface area contributed by atoms with E-state index in [0.29, 0.717) is 33.7 Å². The number of halogens is 3. The van der Waals surface area contributed by atoms with Crippen LogP contribution in [-0.4, -0.2) is 18.5 Å². The van der Waals surface area contributed by atoms with Crippen LogP contribution in [0.1, 0.15) is 23.6 Å². The average Bonchev–Trinajstić information content (AvgIpc) is 3.14. The molecule has 0 fully saturated rings. The molecule has 0 radical (unpaired) electrons. The van der Waals surface area contributed by atoms with Gasteiger partial charge in [0.1, 0.15) is 12.4 Å². The summed E-state index contributed by atoms with van der Waals surface area (Å²) in [5.41, 5.74) is 2.29. The smallest absolute Gasteiger partial charge is 0.363 e. The lowest BCUT2D eigenvalue weighted by atomic mass is 10.1. The summed E-state index contributed by atoms with van der Waals surface area (Å²) in [5.74, 6) is 0.394. The maximum atomic E-state index is 13.5. The van der Waals surface area contributed by atoms with E-state index in [0.717, 1.165) is 9.13 Å². The Labute approximate surface area is 212 Å². The summed E-state index contributed by atoms with van der Waals surface area (Å²) in [6.45, 7) is 2.45. The van der Waals surface area contributed by atoms with E-state index in [1.54, 1.807) is 30.3 Å². The zero-order valence-electron chi connectivity index (χ0n) is 17.5. The standard InChI is InChI=1S/C25H18BrFINO4/c1-2-31-22-13-16(11-20(26)23(22)32-14-15-4-3-5-18(27)10-15)12-21-25(30)33-24(29-21)17-6-8-19(28)9-7-17/h3-13H,2,14H2,1H3/b21-12-. The number of ether oxygens (including phenoxy) is 3. The third-order valence-corrected chi connectivity index (χ3v) is 5.93. The number of benzene rings is 3.